The van der Waals surface area contributed by atoms with Crippen LogP contribution in [-0.2, 0) is 22.7 Å². The van der Waals surface area contributed by atoms with Gasteiger partial charge in [0, 0.05) is 11.6 Å². The van der Waals surface area contributed by atoms with E-state index in [4.69, 9.17) is 14.4 Å². The van der Waals surface area contributed by atoms with Crippen LogP contribution in [0.4, 0.5) is 10.1 Å². The lowest BCUT2D eigenvalue weighted by Crippen LogP contribution is -2.21. The normalized spacial score (nSPS) is 10.5. The highest BCUT2D eigenvalue weighted by Crippen LogP contribution is 2.20. The van der Waals surface area contributed by atoms with E-state index < -0.39 is 35.6 Å². The number of fused-ring (bicyclic) bond motifs is 1. The Hall–Kier alpha value is -4.00. The summed E-state index contributed by atoms with van der Waals surface area (Å²) in [6.07, 6.45) is 0. The number of nitro benzene ring substituents is 1. The molecule has 3 aromatic rings. The van der Waals surface area contributed by atoms with Crippen LogP contribution in [-0.4, -0.2) is 15.5 Å². The number of esters is 1. The number of non-ortho nitro benzene ring substituents is 1. The number of aromatic nitrogens is 1. The standard InChI is InChI=1S/C17H10FN3O6/c18-13-3-1-10(7-19)5-11(13)9-26-16(22)8-20-14-4-2-12(21(24)25)6-15(14)27-17(20)23/h1-6H,8-9H2. The number of hydrogen-bond donors (Lipinski definition) is 0. The van der Waals surface area contributed by atoms with Gasteiger partial charge in [0.25, 0.3) is 5.69 Å². The fraction of sp³-hybridized carbons (Fsp3) is 0.118. The number of nitrogens with zero attached hydrogens (tertiary/aromatic N) is 3. The Labute approximate surface area is 150 Å². The van der Waals surface area contributed by atoms with Crippen molar-refractivity contribution < 1.29 is 23.3 Å². The molecule has 0 radical (unpaired) electrons. The summed E-state index contributed by atoms with van der Waals surface area (Å²) < 4.78 is 24.5. The molecule has 0 saturated carbocycles. The van der Waals surface area contributed by atoms with Crippen molar-refractivity contribution in [2.75, 3.05) is 0 Å². The van der Waals surface area contributed by atoms with Crippen LogP contribution in [0.3, 0.4) is 0 Å². The van der Waals surface area contributed by atoms with Crippen molar-refractivity contribution in [3.05, 3.63) is 74.0 Å². The summed E-state index contributed by atoms with van der Waals surface area (Å²) >= 11 is 0. The van der Waals surface area contributed by atoms with E-state index in [1.807, 2.05) is 6.07 Å². The molecule has 0 fully saturated rings. The molecule has 0 bridgehead atoms. The maximum Gasteiger partial charge on any atom is 0.420 e. The van der Waals surface area contributed by atoms with Crippen LogP contribution in [0, 0.1) is 27.3 Å². The minimum Gasteiger partial charge on any atom is -0.459 e. The number of nitro groups is 1. The Morgan fingerprint density at radius 2 is 2.11 bits per heavy atom. The molecule has 1 heterocycles. The van der Waals surface area contributed by atoms with Gasteiger partial charge in [-0.1, -0.05) is 0 Å². The second-order valence-corrected chi connectivity index (χ2v) is 5.44. The van der Waals surface area contributed by atoms with Crippen molar-refractivity contribution in [1.82, 2.24) is 4.57 Å². The SMILES string of the molecule is N#Cc1ccc(F)c(COC(=O)Cn2c(=O)oc3cc([N+](=O)[O-])ccc32)c1. The molecule has 0 aliphatic heterocycles. The van der Waals surface area contributed by atoms with Crippen LogP contribution in [0.1, 0.15) is 11.1 Å². The van der Waals surface area contributed by atoms with Crippen LogP contribution in [0.15, 0.2) is 45.6 Å². The second kappa shape index (κ2) is 7.09. The van der Waals surface area contributed by atoms with Gasteiger partial charge >= 0.3 is 11.7 Å². The van der Waals surface area contributed by atoms with Gasteiger partial charge in [0.15, 0.2) is 5.58 Å². The maximum atomic E-state index is 13.7. The highest BCUT2D eigenvalue weighted by Gasteiger charge is 2.17. The summed E-state index contributed by atoms with van der Waals surface area (Å²) in [6, 6.07) is 8.99. The van der Waals surface area contributed by atoms with Gasteiger partial charge in [-0.25, -0.2) is 9.18 Å². The quantitative estimate of drug-likeness (QED) is 0.382. The van der Waals surface area contributed by atoms with E-state index in [1.165, 1.54) is 24.3 Å². The zero-order chi connectivity index (χ0) is 19.6. The van der Waals surface area contributed by atoms with E-state index in [0.29, 0.717) is 0 Å². The van der Waals surface area contributed by atoms with Crippen molar-refractivity contribution in [2.45, 2.75) is 13.2 Å². The molecule has 3 rings (SSSR count). The highest BCUT2D eigenvalue weighted by atomic mass is 19.1. The van der Waals surface area contributed by atoms with Crippen molar-refractivity contribution in [3.8, 4) is 6.07 Å². The molecule has 10 heteroatoms. The number of benzene rings is 2. The monoisotopic (exact) mass is 371 g/mol. The molecule has 0 saturated heterocycles. The molecule has 0 aliphatic rings. The van der Waals surface area contributed by atoms with Gasteiger partial charge in [0.05, 0.1) is 28.1 Å². The molecule has 2 aromatic carbocycles. The number of carbonyl (C=O) groups is 1. The lowest BCUT2D eigenvalue weighted by Gasteiger charge is -2.07. The van der Waals surface area contributed by atoms with Crippen LogP contribution < -0.4 is 5.76 Å². The number of halogens is 1. The first-order chi connectivity index (χ1) is 12.9. The summed E-state index contributed by atoms with van der Waals surface area (Å²) in [5, 5.41) is 19.6. The fourth-order valence-electron chi connectivity index (χ4n) is 2.41. The Morgan fingerprint density at radius 3 is 2.81 bits per heavy atom. The number of oxazole rings is 1. The molecule has 9 nitrogen and oxygen atoms in total. The van der Waals surface area contributed by atoms with E-state index in [0.717, 1.165) is 16.7 Å². The Kier molecular flexibility index (Phi) is 4.68. The molecule has 27 heavy (non-hydrogen) atoms. The number of hydrogen-bond acceptors (Lipinski definition) is 7. The smallest absolute Gasteiger partial charge is 0.420 e. The summed E-state index contributed by atoms with van der Waals surface area (Å²) in [5.41, 5.74) is 0.0947. The summed E-state index contributed by atoms with van der Waals surface area (Å²) in [6.45, 7) is -0.945. The first-order valence-electron chi connectivity index (χ1n) is 7.51. The van der Waals surface area contributed by atoms with Crippen LogP contribution >= 0.6 is 0 Å². The molecular formula is C17H10FN3O6. The average Bonchev–Trinajstić information content (AvgIpc) is 2.95. The third-order valence-corrected chi connectivity index (χ3v) is 3.71. The van der Waals surface area contributed by atoms with Crippen LogP contribution in [0.2, 0.25) is 0 Å². The van der Waals surface area contributed by atoms with E-state index in [1.54, 1.807) is 0 Å². The van der Waals surface area contributed by atoms with Gasteiger partial charge in [0.1, 0.15) is 19.0 Å². The van der Waals surface area contributed by atoms with Gasteiger partial charge in [-0.2, -0.15) is 5.26 Å². The molecule has 0 N–H and O–H groups in total. The molecule has 0 unspecified atom stereocenters. The second-order valence-electron chi connectivity index (χ2n) is 5.44. The zero-order valence-corrected chi connectivity index (χ0v) is 13.5. The zero-order valence-electron chi connectivity index (χ0n) is 13.5. The Balaban J connectivity index is 1.77. The van der Waals surface area contributed by atoms with Gasteiger partial charge in [-0.15, -0.1) is 0 Å². The topological polar surface area (TPSA) is 128 Å². The van der Waals surface area contributed by atoms with Gasteiger partial charge in [0.2, 0.25) is 0 Å². The minimum atomic E-state index is -0.889. The van der Waals surface area contributed by atoms with Crippen molar-refractivity contribution in [2.24, 2.45) is 0 Å². The molecule has 1 aromatic heterocycles. The third kappa shape index (κ3) is 3.67. The van der Waals surface area contributed by atoms with Gasteiger partial charge < -0.3 is 9.15 Å². The molecule has 0 amide bonds. The molecule has 0 aliphatic carbocycles. The predicted molar refractivity (Wildman–Crippen MR) is 88.0 cm³/mol. The summed E-state index contributed by atoms with van der Waals surface area (Å²) in [5.74, 6) is -2.37. The van der Waals surface area contributed by atoms with Crippen molar-refractivity contribution >= 4 is 22.8 Å². The first-order valence-corrected chi connectivity index (χ1v) is 7.51. The Bertz CT molecular complexity index is 1160. The van der Waals surface area contributed by atoms with Gasteiger partial charge in [-0.3, -0.25) is 19.5 Å². The lowest BCUT2D eigenvalue weighted by atomic mass is 10.1. The van der Waals surface area contributed by atoms with E-state index in [-0.39, 0.29) is 27.9 Å². The van der Waals surface area contributed by atoms with Crippen molar-refractivity contribution in [1.29, 1.82) is 5.26 Å². The molecular weight excluding hydrogens is 361 g/mol. The van der Waals surface area contributed by atoms with Crippen LogP contribution in [0.25, 0.3) is 11.1 Å². The van der Waals surface area contributed by atoms with E-state index in [9.17, 15) is 24.1 Å². The maximum absolute atomic E-state index is 13.7. The predicted octanol–water partition coefficient (Wildman–Crippen LogP) is 2.26. The molecule has 0 atom stereocenters. The Morgan fingerprint density at radius 1 is 1.33 bits per heavy atom. The van der Waals surface area contributed by atoms with Crippen molar-refractivity contribution in [3.63, 3.8) is 0 Å². The number of ether oxygens (including phenoxy) is 1. The lowest BCUT2D eigenvalue weighted by molar-refractivity contribution is -0.384. The minimum absolute atomic E-state index is 0.0161. The number of nitriles is 1. The third-order valence-electron chi connectivity index (χ3n) is 3.71. The fourth-order valence-corrected chi connectivity index (χ4v) is 2.41. The molecule has 0 spiro atoms. The largest absolute Gasteiger partial charge is 0.459 e. The number of rotatable bonds is 5. The van der Waals surface area contributed by atoms with Crippen LogP contribution in [0.5, 0.6) is 0 Å². The van der Waals surface area contributed by atoms with Gasteiger partial charge in [-0.05, 0) is 24.3 Å². The highest BCUT2D eigenvalue weighted by molar-refractivity contribution is 5.78. The van der Waals surface area contributed by atoms with E-state index in [2.05, 4.69) is 0 Å². The first kappa shape index (κ1) is 17.8. The average molecular weight is 371 g/mol. The summed E-state index contributed by atoms with van der Waals surface area (Å²) in [7, 11) is 0. The van der Waals surface area contributed by atoms with E-state index >= 15 is 0 Å². The number of carbonyl (C=O) groups excluding carboxylic acids is 1. The molecule has 136 valence electrons. The summed E-state index contributed by atoms with van der Waals surface area (Å²) in [4.78, 5) is 34.0.